The van der Waals surface area contributed by atoms with E-state index in [-0.39, 0.29) is 11.1 Å². The second-order valence-electron chi connectivity index (χ2n) is 8.39. The molecule has 0 spiro atoms. The first kappa shape index (κ1) is 21.1. The molecule has 1 aliphatic rings. The zero-order chi connectivity index (χ0) is 19.9. The van der Waals surface area contributed by atoms with E-state index in [1.807, 2.05) is 30.3 Å². The number of rotatable bonds is 4. The minimum Gasteiger partial charge on any atom is -0.457 e. The molecule has 0 atom stereocenters. The van der Waals surface area contributed by atoms with Crippen LogP contribution in [-0.4, -0.2) is 30.5 Å². The molecule has 0 radical (unpaired) electrons. The zero-order valence-corrected chi connectivity index (χ0v) is 17.1. The monoisotopic (exact) mass is 368 g/mol. The molecule has 4 heteroatoms. The van der Waals surface area contributed by atoms with Gasteiger partial charge in [0.1, 0.15) is 17.8 Å². The summed E-state index contributed by atoms with van der Waals surface area (Å²) in [6, 6.07) is 17.2. The normalized spacial score (nSPS) is 18.1. The molecule has 0 saturated carbocycles. The van der Waals surface area contributed by atoms with Gasteiger partial charge in [-0.25, -0.2) is 0 Å². The SMILES string of the molecule is CNC1CC(C)(C)NC(C)(C)C1.O=Cc1ccc(Oc2ccccc2)cc1. The van der Waals surface area contributed by atoms with Gasteiger partial charge in [0.05, 0.1) is 0 Å². The van der Waals surface area contributed by atoms with Gasteiger partial charge < -0.3 is 15.4 Å². The molecular weight excluding hydrogens is 336 g/mol. The Morgan fingerprint density at radius 3 is 1.93 bits per heavy atom. The van der Waals surface area contributed by atoms with Crippen LogP contribution in [0, 0.1) is 0 Å². The first-order valence-corrected chi connectivity index (χ1v) is 9.48. The fourth-order valence-electron chi connectivity index (χ4n) is 3.77. The summed E-state index contributed by atoms with van der Waals surface area (Å²) in [5, 5.41) is 7.03. The number of carbonyl (C=O) groups excluding carboxylic acids is 1. The van der Waals surface area contributed by atoms with E-state index in [9.17, 15) is 4.79 Å². The Morgan fingerprint density at radius 1 is 0.926 bits per heavy atom. The van der Waals surface area contributed by atoms with Gasteiger partial charge in [0, 0.05) is 22.7 Å². The molecule has 1 saturated heterocycles. The largest absolute Gasteiger partial charge is 0.457 e. The maximum absolute atomic E-state index is 10.4. The third-order valence-electron chi connectivity index (χ3n) is 4.59. The summed E-state index contributed by atoms with van der Waals surface area (Å²) in [5.74, 6) is 1.52. The third-order valence-corrected chi connectivity index (χ3v) is 4.59. The van der Waals surface area contributed by atoms with E-state index in [2.05, 4.69) is 45.4 Å². The quantitative estimate of drug-likeness (QED) is 0.761. The predicted molar refractivity (Wildman–Crippen MR) is 112 cm³/mol. The fraction of sp³-hybridized carbons (Fsp3) is 0.435. The zero-order valence-electron chi connectivity index (χ0n) is 17.1. The minimum absolute atomic E-state index is 0.273. The van der Waals surface area contributed by atoms with Crippen molar-refractivity contribution >= 4 is 6.29 Å². The number of carbonyl (C=O) groups is 1. The van der Waals surface area contributed by atoms with Gasteiger partial charge in [0.25, 0.3) is 0 Å². The molecule has 27 heavy (non-hydrogen) atoms. The van der Waals surface area contributed by atoms with Gasteiger partial charge >= 0.3 is 0 Å². The maximum atomic E-state index is 10.4. The average Bonchev–Trinajstić information content (AvgIpc) is 2.61. The van der Waals surface area contributed by atoms with Crippen molar-refractivity contribution in [3.63, 3.8) is 0 Å². The van der Waals surface area contributed by atoms with Crippen LogP contribution in [0.2, 0.25) is 0 Å². The number of aldehydes is 1. The molecule has 1 aliphatic heterocycles. The molecule has 2 aromatic rings. The predicted octanol–water partition coefficient (Wildman–Crippen LogP) is 4.81. The molecule has 0 aromatic heterocycles. The first-order chi connectivity index (χ1) is 12.7. The topological polar surface area (TPSA) is 50.4 Å². The summed E-state index contributed by atoms with van der Waals surface area (Å²) in [4.78, 5) is 10.4. The molecule has 0 bridgehead atoms. The van der Waals surface area contributed by atoms with Gasteiger partial charge in [-0.2, -0.15) is 0 Å². The van der Waals surface area contributed by atoms with Crippen molar-refractivity contribution in [2.24, 2.45) is 0 Å². The van der Waals surface area contributed by atoms with Crippen LogP contribution in [0.5, 0.6) is 11.5 Å². The second kappa shape index (κ2) is 9.16. The second-order valence-corrected chi connectivity index (χ2v) is 8.39. The van der Waals surface area contributed by atoms with E-state index < -0.39 is 0 Å². The Kier molecular flexibility index (Phi) is 7.17. The van der Waals surface area contributed by atoms with Gasteiger partial charge in [-0.1, -0.05) is 18.2 Å². The van der Waals surface area contributed by atoms with Crippen LogP contribution in [0.3, 0.4) is 0 Å². The molecular formula is C23H32N2O2. The van der Waals surface area contributed by atoms with Crippen molar-refractivity contribution in [1.29, 1.82) is 0 Å². The van der Waals surface area contributed by atoms with Crippen molar-refractivity contribution in [1.82, 2.24) is 10.6 Å². The molecule has 1 heterocycles. The lowest BCUT2D eigenvalue weighted by Gasteiger charge is -2.46. The molecule has 2 N–H and O–H groups in total. The highest BCUT2D eigenvalue weighted by Crippen LogP contribution is 2.28. The number of ether oxygens (including phenoxy) is 1. The van der Waals surface area contributed by atoms with E-state index in [0.717, 1.165) is 17.8 Å². The molecule has 1 fully saturated rings. The van der Waals surface area contributed by atoms with Crippen LogP contribution in [0.4, 0.5) is 0 Å². The number of hydrogen-bond donors (Lipinski definition) is 2. The number of hydrogen-bond acceptors (Lipinski definition) is 4. The lowest BCUT2D eigenvalue weighted by atomic mass is 9.80. The maximum Gasteiger partial charge on any atom is 0.150 e. The minimum atomic E-state index is 0.273. The Labute approximate surface area is 163 Å². The van der Waals surface area contributed by atoms with Crippen molar-refractivity contribution in [3.05, 3.63) is 60.2 Å². The van der Waals surface area contributed by atoms with Gasteiger partial charge in [-0.05, 0) is 84.0 Å². The van der Waals surface area contributed by atoms with E-state index >= 15 is 0 Å². The lowest BCUT2D eigenvalue weighted by molar-refractivity contribution is 0.112. The highest BCUT2D eigenvalue weighted by molar-refractivity contribution is 5.74. The highest BCUT2D eigenvalue weighted by atomic mass is 16.5. The van der Waals surface area contributed by atoms with Crippen LogP contribution in [0.25, 0.3) is 0 Å². The van der Waals surface area contributed by atoms with Crippen molar-refractivity contribution in [2.75, 3.05) is 7.05 Å². The summed E-state index contributed by atoms with van der Waals surface area (Å²) in [6.45, 7) is 9.10. The van der Waals surface area contributed by atoms with E-state index in [0.29, 0.717) is 11.6 Å². The van der Waals surface area contributed by atoms with Crippen LogP contribution in [0.1, 0.15) is 50.9 Å². The molecule has 4 nitrogen and oxygen atoms in total. The summed E-state index contributed by atoms with van der Waals surface area (Å²) >= 11 is 0. The van der Waals surface area contributed by atoms with E-state index in [1.54, 1.807) is 24.3 Å². The van der Waals surface area contributed by atoms with Crippen molar-refractivity contribution in [2.45, 2.75) is 57.7 Å². The molecule has 3 rings (SSSR count). The van der Waals surface area contributed by atoms with Gasteiger partial charge in [0.2, 0.25) is 0 Å². The number of para-hydroxylation sites is 1. The van der Waals surface area contributed by atoms with Gasteiger partial charge in [0.15, 0.2) is 0 Å². The number of piperidine rings is 1. The van der Waals surface area contributed by atoms with Gasteiger partial charge in [-0.15, -0.1) is 0 Å². The number of nitrogens with one attached hydrogen (secondary N) is 2. The van der Waals surface area contributed by atoms with E-state index in [4.69, 9.17) is 4.74 Å². The Bertz CT molecular complexity index is 693. The van der Waals surface area contributed by atoms with Crippen LogP contribution < -0.4 is 15.4 Å². The van der Waals surface area contributed by atoms with Crippen molar-refractivity contribution < 1.29 is 9.53 Å². The van der Waals surface area contributed by atoms with Gasteiger partial charge in [-0.3, -0.25) is 4.79 Å². The highest BCUT2D eigenvalue weighted by Gasteiger charge is 2.36. The molecule has 0 aliphatic carbocycles. The van der Waals surface area contributed by atoms with E-state index in [1.165, 1.54) is 12.8 Å². The van der Waals surface area contributed by atoms with Crippen LogP contribution >= 0.6 is 0 Å². The molecule has 0 amide bonds. The Hall–Kier alpha value is -2.17. The molecule has 2 aromatic carbocycles. The average molecular weight is 369 g/mol. The standard InChI is InChI=1S/C13H10O2.C10H22N2/c14-10-11-6-8-13(9-7-11)15-12-4-2-1-3-5-12;1-9(2)6-8(11-5)7-10(3,4)12-9/h1-10H;8,11-12H,6-7H2,1-5H3. The summed E-state index contributed by atoms with van der Waals surface area (Å²) in [6.07, 6.45) is 3.24. The molecule has 146 valence electrons. The Balaban J connectivity index is 0.000000199. The van der Waals surface area contributed by atoms with Crippen LogP contribution in [0.15, 0.2) is 54.6 Å². The summed E-state index contributed by atoms with van der Waals surface area (Å²) in [7, 11) is 2.06. The van der Waals surface area contributed by atoms with Crippen molar-refractivity contribution in [3.8, 4) is 11.5 Å². The third kappa shape index (κ3) is 7.16. The first-order valence-electron chi connectivity index (χ1n) is 9.48. The van der Waals surface area contributed by atoms with Crippen LogP contribution in [-0.2, 0) is 0 Å². The molecule has 0 unspecified atom stereocenters. The fourth-order valence-corrected chi connectivity index (χ4v) is 3.77. The summed E-state index contributed by atoms with van der Waals surface area (Å²) in [5.41, 5.74) is 1.20. The Morgan fingerprint density at radius 2 is 1.44 bits per heavy atom. The number of benzene rings is 2. The smallest absolute Gasteiger partial charge is 0.150 e. The lowest BCUT2D eigenvalue weighted by Crippen LogP contribution is -2.61. The summed E-state index contributed by atoms with van der Waals surface area (Å²) < 4.78 is 5.56.